The standard InChI is InChI=1S/C18H13ClFN3OS/c19-14-3-1-2-4-16(14)21-17(24)11-25-18-10-9-15(22-23-18)12-5-7-13(20)8-6-12/h1-10H,11H2,(H,21,24). The minimum absolute atomic E-state index is 0.178. The third-order valence-corrected chi connectivity index (χ3v) is 4.53. The van der Waals surface area contributed by atoms with Gasteiger partial charge in [0, 0.05) is 5.56 Å². The van der Waals surface area contributed by atoms with E-state index in [9.17, 15) is 9.18 Å². The SMILES string of the molecule is O=C(CSc1ccc(-c2ccc(F)cc2)nn1)Nc1ccccc1Cl. The minimum atomic E-state index is -0.298. The second kappa shape index (κ2) is 8.09. The number of carbonyl (C=O) groups is 1. The molecule has 0 saturated carbocycles. The summed E-state index contributed by atoms with van der Waals surface area (Å²) in [7, 11) is 0. The van der Waals surface area contributed by atoms with Gasteiger partial charge in [0.1, 0.15) is 10.8 Å². The zero-order valence-electron chi connectivity index (χ0n) is 12.9. The van der Waals surface area contributed by atoms with Gasteiger partial charge in [0.05, 0.1) is 22.2 Å². The van der Waals surface area contributed by atoms with Crippen molar-refractivity contribution in [3.8, 4) is 11.3 Å². The van der Waals surface area contributed by atoms with Gasteiger partial charge >= 0.3 is 0 Å². The van der Waals surface area contributed by atoms with E-state index >= 15 is 0 Å². The second-order valence-electron chi connectivity index (χ2n) is 5.08. The molecule has 0 saturated heterocycles. The van der Waals surface area contributed by atoms with Gasteiger partial charge in [0.25, 0.3) is 0 Å². The van der Waals surface area contributed by atoms with Crippen LogP contribution in [-0.4, -0.2) is 21.9 Å². The van der Waals surface area contributed by atoms with Crippen LogP contribution in [-0.2, 0) is 4.79 Å². The van der Waals surface area contributed by atoms with Crippen molar-refractivity contribution in [2.45, 2.75) is 5.03 Å². The van der Waals surface area contributed by atoms with Crippen LogP contribution in [0.15, 0.2) is 65.7 Å². The molecule has 0 aliphatic carbocycles. The van der Waals surface area contributed by atoms with Crippen LogP contribution in [0, 0.1) is 5.82 Å². The van der Waals surface area contributed by atoms with Gasteiger partial charge in [-0.05, 0) is 48.5 Å². The molecule has 2 aromatic carbocycles. The fraction of sp³-hybridized carbons (Fsp3) is 0.0556. The molecule has 3 rings (SSSR count). The predicted octanol–water partition coefficient (Wildman–Crippen LogP) is 4.67. The Kier molecular flexibility index (Phi) is 5.63. The summed E-state index contributed by atoms with van der Waals surface area (Å²) in [5, 5.41) is 12.1. The van der Waals surface area contributed by atoms with Gasteiger partial charge in [0.15, 0.2) is 0 Å². The fourth-order valence-corrected chi connectivity index (χ4v) is 2.86. The van der Waals surface area contributed by atoms with E-state index in [0.717, 1.165) is 5.56 Å². The van der Waals surface area contributed by atoms with Crippen LogP contribution in [0.5, 0.6) is 0 Å². The van der Waals surface area contributed by atoms with E-state index in [1.54, 1.807) is 48.5 Å². The van der Waals surface area contributed by atoms with Gasteiger partial charge in [0.2, 0.25) is 5.91 Å². The van der Waals surface area contributed by atoms with E-state index in [-0.39, 0.29) is 17.5 Å². The highest BCUT2D eigenvalue weighted by Gasteiger charge is 2.08. The monoisotopic (exact) mass is 373 g/mol. The molecule has 0 spiro atoms. The Hall–Kier alpha value is -2.44. The van der Waals surface area contributed by atoms with E-state index in [0.29, 0.717) is 21.4 Å². The van der Waals surface area contributed by atoms with E-state index in [4.69, 9.17) is 11.6 Å². The molecule has 0 bridgehead atoms. The maximum atomic E-state index is 12.9. The van der Waals surface area contributed by atoms with Crippen molar-refractivity contribution in [2.24, 2.45) is 0 Å². The van der Waals surface area contributed by atoms with Crippen molar-refractivity contribution in [3.05, 3.63) is 71.5 Å². The summed E-state index contributed by atoms with van der Waals surface area (Å²) in [6, 6.07) is 16.6. The summed E-state index contributed by atoms with van der Waals surface area (Å²) in [5.74, 6) is -0.286. The van der Waals surface area contributed by atoms with Crippen molar-refractivity contribution >= 4 is 35.0 Å². The first kappa shape index (κ1) is 17.4. The summed E-state index contributed by atoms with van der Waals surface area (Å²) in [5.41, 5.74) is 2.00. The molecule has 25 heavy (non-hydrogen) atoms. The van der Waals surface area contributed by atoms with E-state index in [1.807, 2.05) is 0 Å². The molecule has 1 amide bonds. The van der Waals surface area contributed by atoms with Crippen LogP contribution < -0.4 is 5.32 Å². The topological polar surface area (TPSA) is 54.9 Å². The molecule has 1 heterocycles. The Labute approximate surface area is 153 Å². The van der Waals surface area contributed by atoms with Crippen molar-refractivity contribution < 1.29 is 9.18 Å². The molecular weight excluding hydrogens is 361 g/mol. The number of anilines is 1. The molecule has 0 unspecified atom stereocenters. The Balaban J connectivity index is 1.57. The zero-order valence-corrected chi connectivity index (χ0v) is 14.5. The number of aromatic nitrogens is 2. The van der Waals surface area contributed by atoms with Gasteiger partial charge in [-0.3, -0.25) is 4.79 Å². The fourth-order valence-electron chi connectivity index (χ4n) is 2.06. The first-order valence-corrected chi connectivity index (χ1v) is 8.75. The Morgan fingerprint density at radius 3 is 2.48 bits per heavy atom. The number of hydrogen-bond donors (Lipinski definition) is 1. The molecule has 0 atom stereocenters. The molecule has 3 aromatic rings. The second-order valence-corrected chi connectivity index (χ2v) is 6.48. The van der Waals surface area contributed by atoms with E-state index in [1.165, 1.54) is 23.9 Å². The number of para-hydroxylation sites is 1. The molecule has 4 nitrogen and oxygen atoms in total. The maximum Gasteiger partial charge on any atom is 0.234 e. The molecule has 1 aromatic heterocycles. The number of rotatable bonds is 5. The van der Waals surface area contributed by atoms with Crippen molar-refractivity contribution in [1.29, 1.82) is 0 Å². The van der Waals surface area contributed by atoms with Gasteiger partial charge < -0.3 is 5.32 Å². The summed E-state index contributed by atoms with van der Waals surface area (Å²) in [4.78, 5) is 12.0. The molecule has 0 aliphatic heterocycles. The number of amides is 1. The molecule has 7 heteroatoms. The average molecular weight is 374 g/mol. The van der Waals surface area contributed by atoms with Gasteiger partial charge in [-0.15, -0.1) is 10.2 Å². The normalized spacial score (nSPS) is 10.5. The highest BCUT2D eigenvalue weighted by molar-refractivity contribution is 7.99. The van der Waals surface area contributed by atoms with E-state index in [2.05, 4.69) is 15.5 Å². The van der Waals surface area contributed by atoms with Crippen LogP contribution >= 0.6 is 23.4 Å². The smallest absolute Gasteiger partial charge is 0.234 e. The number of carbonyl (C=O) groups excluding carboxylic acids is 1. The molecule has 0 radical (unpaired) electrons. The van der Waals surface area contributed by atoms with Crippen LogP contribution in [0.4, 0.5) is 10.1 Å². The average Bonchev–Trinajstić information content (AvgIpc) is 2.63. The van der Waals surface area contributed by atoms with Crippen molar-refractivity contribution in [2.75, 3.05) is 11.1 Å². The third-order valence-electron chi connectivity index (χ3n) is 3.28. The molecule has 1 N–H and O–H groups in total. The number of nitrogens with one attached hydrogen (secondary N) is 1. The summed E-state index contributed by atoms with van der Waals surface area (Å²) in [6.45, 7) is 0. The van der Waals surface area contributed by atoms with E-state index < -0.39 is 0 Å². The lowest BCUT2D eigenvalue weighted by Crippen LogP contribution is -2.14. The van der Waals surface area contributed by atoms with Crippen LogP contribution in [0.25, 0.3) is 11.3 Å². The Morgan fingerprint density at radius 2 is 1.80 bits per heavy atom. The lowest BCUT2D eigenvalue weighted by atomic mass is 10.1. The van der Waals surface area contributed by atoms with Gasteiger partial charge in [-0.2, -0.15) is 0 Å². The lowest BCUT2D eigenvalue weighted by Gasteiger charge is -2.06. The Bertz CT molecular complexity index is 872. The van der Waals surface area contributed by atoms with Crippen LogP contribution in [0.1, 0.15) is 0 Å². The summed E-state index contributed by atoms with van der Waals surface area (Å²) < 4.78 is 12.9. The highest BCUT2D eigenvalue weighted by Crippen LogP contribution is 2.22. The third kappa shape index (κ3) is 4.78. The number of benzene rings is 2. The van der Waals surface area contributed by atoms with Crippen LogP contribution in [0.3, 0.4) is 0 Å². The number of hydrogen-bond acceptors (Lipinski definition) is 4. The quantitative estimate of drug-likeness (QED) is 0.660. The summed E-state index contributed by atoms with van der Waals surface area (Å²) >= 11 is 7.27. The highest BCUT2D eigenvalue weighted by atomic mass is 35.5. The number of thioether (sulfide) groups is 1. The lowest BCUT2D eigenvalue weighted by molar-refractivity contribution is -0.113. The number of nitrogens with zero attached hydrogens (tertiary/aromatic N) is 2. The molecule has 126 valence electrons. The first-order valence-electron chi connectivity index (χ1n) is 7.39. The first-order chi connectivity index (χ1) is 12.1. The molecular formula is C18H13ClFN3OS. The largest absolute Gasteiger partial charge is 0.324 e. The predicted molar refractivity (Wildman–Crippen MR) is 98.2 cm³/mol. The van der Waals surface area contributed by atoms with Crippen molar-refractivity contribution in [1.82, 2.24) is 10.2 Å². The van der Waals surface area contributed by atoms with Gasteiger partial charge in [-0.1, -0.05) is 35.5 Å². The number of halogens is 2. The Morgan fingerprint density at radius 1 is 1.04 bits per heavy atom. The molecule has 0 fully saturated rings. The van der Waals surface area contributed by atoms with Crippen molar-refractivity contribution in [3.63, 3.8) is 0 Å². The molecule has 0 aliphatic rings. The zero-order chi connectivity index (χ0) is 17.6. The maximum absolute atomic E-state index is 12.9. The minimum Gasteiger partial charge on any atom is -0.324 e. The van der Waals surface area contributed by atoms with Crippen LogP contribution in [0.2, 0.25) is 5.02 Å². The summed E-state index contributed by atoms with van der Waals surface area (Å²) in [6.07, 6.45) is 0. The van der Waals surface area contributed by atoms with Gasteiger partial charge in [-0.25, -0.2) is 4.39 Å².